The summed E-state index contributed by atoms with van der Waals surface area (Å²) in [5.41, 5.74) is 14.2. The van der Waals surface area contributed by atoms with Gasteiger partial charge in [-0.25, -0.2) is 0 Å². The molecule has 3 heteroatoms. The molecule has 0 aliphatic heterocycles. The van der Waals surface area contributed by atoms with E-state index in [0.717, 1.165) is 11.3 Å². The van der Waals surface area contributed by atoms with Gasteiger partial charge in [0.25, 0.3) is 0 Å². The van der Waals surface area contributed by atoms with Crippen LogP contribution in [0.15, 0.2) is 18.2 Å². The Kier molecular flexibility index (Phi) is 4.61. The number of hydrogen-bond donors (Lipinski definition) is 2. The average Bonchev–Trinajstić information content (AvgIpc) is 2.46. The Hall–Kier alpha value is -1.06. The minimum atomic E-state index is -0.136. The van der Waals surface area contributed by atoms with Crippen molar-refractivity contribution in [2.45, 2.75) is 44.1 Å². The molecule has 0 amide bonds. The van der Waals surface area contributed by atoms with Gasteiger partial charge in [0.2, 0.25) is 0 Å². The second-order valence-corrected chi connectivity index (χ2v) is 5.18. The molecule has 1 fully saturated rings. The third kappa shape index (κ3) is 2.85. The molecule has 1 unspecified atom stereocenters. The van der Waals surface area contributed by atoms with Crippen LogP contribution in [0.4, 0.5) is 0 Å². The summed E-state index contributed by atoms with van der Waals surface area (Å²) in [7, 11) is 1.68. The molecule has 1 aromatic carbocycles. The van der Waals surface area contributed by atoms with Crippen molar-refractivity contribution in [1.82, 2.24) is 0 Å². The Morgan fingerprint density at radius 2 is 2.00 bits per heavy atom. The number of hydrogen-bond acceptors (Lipinski definition) is 3. The van der Waals surface area contributed by atoms with Crippen LogP contribution in [0.25, 0.3) is 0 Å². The van der Waals surface area contributed by atoms with E-state index in [1.165, 1.54) is 37.7 Å². The van der Waals surface area contributed by atoms with Gasteiger partial charge in [-0.1, -0.05) is 31.4 Å². The van der Waals surface area contributed by atoms with Gasteiger partial charge in [-0.05, 0) is 30.4 Å². The molecule has 1 atom stereocenters. The van der Waals surface area contributed by atoms with Gasteiger partial charge in [-0.15, -0.1) is 0 Å². The van der Waals surface area contributed by atoms with E-state index in [9.17, 15) is 0 Å². The Bertz CT molecular complexity index is 386. The van der Waals surface area contributed by atoms with Crippen LogP contribution in [0.5, 0.6) is 5.75 Å². The van der Waals surface area contributed by atoms with Gasteiger partial charge < -0.3 is 16.2 Å². The Balaban J connectivity index is 2.26. The lowest BCUT2D eigenvalue weighted by molar-refractivity contribution is 0.404. The van der Waals surface area contributed by atoms with Crippen LogP contribution in [0.1, 0.15) is 55.2 Å². The molecule has 0 saturated heterocycles. The van der Waals surface area contributed by atoms with Crippen LogP contribution >= 0.6 is 0 Å². The molecule has 1 saturated carbocycles. The highest BCUT2D eigenvalue weighted by atomic mass is 16.5. The minimum Gasteiger partial charge on any atom is -0.496 e. The third-order valence-corrected chi connectivity index (χ3v) is 3.98. The average molecular weight is 248 g/mol. The monoisotopic (exact) mass is 248 g/mol. The summed E-state index contributed by atoms with van der Waals surface area (Å²) in [6, 6.07) is 6.28. The summed E-state index contributed by atoms with van der Waals surface area (Å²) in [5.74, 6) is 1.54. The summed E-state index contributed by atoms with van der Waals surface area (Å²) in [4.78, 5) is 0. The predicted molar refractivity (Wildman–Crippen MR) is 74.8 cm³/mol. The van der Waals surface area contributed by atoms with Crippen molar-refractivity contribution in [3.05, 3.63) is 29.3 Å². The lowest BCUT2D eigenvalue weighted by Gasteiger charge is -2.24. The van der Waals surface area contributed by atoms with Gasteiger partial charge in [0.1, 0.15) is 5.75 Å². The van der Waals surface area contributed by atoms with Crippen LogP contribution in [-0.2, 0) is 0 Å². The molecule has 18 heavy (non-hydrogen) atoms. The van der Waals surface area contributed by atoms with E-state index in [1.54, 1.807) is 7.11 Å². The van der Waals surface area contributed by atoms with E-state index in [1.807, 2.05) is 6.07 Å². The molecular formula is C15H24N2O. The summed E-state index contributed by atoms with van der Waals surface area (Å²) < 4.78 is 5.38. The molecule has 1 aliphatic rings. The highest BCUT2D eigenvalue weighted by molar-refractivity contribution is 5.40. The zero-order chi connectivity index (χ0) is 13.0. The highest BCUT2D eigenvalue weighted by Crippen LogP contribution is 2.35. The Morgan fingerprint density at radius 1 is 1.28 bits per heavy atom. The molecule has 0 aromatic heterocycles. The maximum Gasteiger partial charge on any atom is 0.123 e. The standard InChI is InChI=1S/C15H24N2O/c1-18-15-8-7-12(9-13(15)14(17)10-16)11-5-3-2-4-6-11/h7-9,11,14H,2-6,10,16-17H2,1H3. The molecule has 3 nitrogen and oxygen atoms in total. The summed E-state index contributed by atoms with van der Waals surface area (Å²) >= 11 is 0. The fourth-order valence-corrected chi connectivity index (χ4v) is 2.86. The van der Waals surface area contributed by atoms with Crippen LogP contribution in [0.3, 0.4) is 0 Å². The molecule has 1 aliphatic carbocycles. The van der Waals surface area contributed by atoms with E-state index in [4.69, 9.17) is 16.2 Å². The van der Waals surface area contributed by atoms with Gasteiger partial charge in [-0.3, -0.25) is 0 Å². The number of methoxy groups -OCH3 is 1. The van der Waals surface area contributed by atoms with E-state index < -0.39 is 0 Å². The minimum absolute atomic E-state index is 0.136. The molecule has 4 N–H and O–H groups in total. The molecule has 100 valence electrons. The summed E-state index contributed by atoms with van der Waals surface area (Å²) in [6.45, 7) is 0.449. The third-order valence-electron chi connectivity index (χ3n) is 3.98. The lowest BCUT2D eigenvalue weighted by atomic mass is 9.83. The molecule has 2 rings (SSSR count). The van der Waals surface area contributed by atoms with Gasteiger partial charge in [-0.2, -0.15) is 0 Å². The van der Waals surface area contributed by atoms with Crippen molar-refractivity contribution < 1.29 is 4.74 Å². The largest absolute Gasteiger partial charge is 0.496 e. The molecule has 0 bridgehead atoms. The van der Waals surface area contributed by atoms with Gasteiger partial charge in [0.05, 0.1) is 7.11 Å². The van der Waals surface area contributed by atoms with E-state index >= 15 is 0 Å². The van der Waals surface area contributed by atoms with Crippen LogP contribution in [0.2, 0.25) is 0 Å². The van der Waals surface area contributed by atoms with Crippen molar-refractivity contribution in [2.24, 2.45) is 11.5 Å². The van der Waals surface area contributed by atoms with Crippen LogP contribution in [-0.4, -0.2) is 13.7 Å². The predicted octanol–water partition coefficient (Wildman–Crippen LogP) is 2.70. The van der Waals surface area contributed by atoms with E-state index in [2.05, 4.69) is 12.1 Å². The number of benzene rings is 1. The Labute approximate surface area is 110 Å². The van der Waals surface area contributed by atoms with Crippen molar-refractivity contribution in [1.29, 1.82) is 0 Å². The van der Waals surface area contributed by atoms with Crippen molar-refractivity contribution in [3.8, 4) is 5.75 Å². The first kappa shape index (κ1) is 13.4. The van der Waals surface area contributed by atoms with Crippen LogP contribution in [0, 0.1) is 0 Å². The van der Waals surface area contributed by atoms with E-state index in [-0.39, 0.29) is 6.04 Å². The Morgan fingerprint density at radius 3 is 2.61 bits per heavy atom. The number of ether oxygens (including phenoxy) is 1. The molecule has 1 aromatic rings. The van der Waals surface area contributed by atoms with E-state index in [0.29, 0.717) is 12.5 Å². The first-order chi connectivity index (χ1) is 8.76. The highest BCUT2D eigenvalue weighted by Gasteiger charge is 2.18. The van der Waals surface area contributed by atoms with Crippen molar-refractivity contribution in [2.75, 3.05) is 13.7 Å². The first-order valence-electron chi connectivity index (χ1n) is 6.89. The van der Waals surface area contributed by atoms with Gasteiger partial charge in [0.15, 0.2) is 0 Å². The number of rotatable bonds is 4. The fraction of sp³-hybridized carbons (Fsp3) is 0.600. The molecule has 0 spiro atoms. The maximum absolute atomic E-state index is 6.06. The second-order valence-electron chi connectivity index (χ2n) is 5.18. The quantitative estimate of drug-likeness (QED) is 0.861. The normalized spacial score (nSPS) is 18.6. The molecule has 0 radical (unpaired) electrons. The maximum atomic E-state index is 6.06. The lowest BCUT2D eigenvalue weighted by Crippen LogP contribution is -2.21. The molecular weight excluding hydrogens is 224 g/mol. The topological polar surface area (TPSA) is 61.3 Å². The van der Waals surface area contributed by atoms with Crippen molar-refractivity contribution in [3.63, 3.8) is 0 Å². The molecule has 0 heterocycles. The second kappa shape index (κ2) is 6.21. The first-order valence-corrected chi connectivity index (χ1v) is 6.89. The SMILES string of the molecule is COc1ccc(C2CCCCC2)cc1C(N)CN. The zero-order valence-electron chi connectivity index (χ0n) is 11.2. The smallest absolute Gasteiger partial charge is 0.123 e. The van der Waals surface area contributed by atoms with Crippen molar-refractivity contribution >= 4 is 0 Å². The summed E-state index contributed by atoms with van der Waals surface area (Å²) in [5, 5.41) is 0. The summed E-state index contributed by atoms with van der Waals surface area (Å²) in [6.07, 6.45) is 6.65. The van der Waals surface area contributed by atoms with Gasteiger partial charge in [0, 0.05) is 18.2 Å². The number of nitrogens with two attached hydrogens (primary N) is 2. The van der Waals surface area contributed by atoms with Crippen LogP contribution < -0.4 is 16.2 Å². The fourth-order valence-electron chi connectivity index (χ4n) is 2.86. The zero-order valence-corrected chi connectivity index (χ0v) is 11.2. The van der Waals surface area contributed by atoms with Gasteiger partial charge >= 0.3 is 0 Å².